The van der Waals surface area contributed by atoms with Gasteiger partial charge in [-0.1, -0.05) is 18.6 Å². The van der Waals surface area contributed by atoms with E-state index in [0.717, 1.165) is 17.7 Å². The quantitative estimate of drug-likeness (QED) is 0.901. The fourth-order valence-electron chi connectivity index (χ4n) is 2.95. The number of rotatable bonds is 3. The zero-order chi connectivity index (χ0) is 15.6. The molecular weight excluding hydrogens is 293 g/mol. The van der Waals surface area contributed by atoms with E-state index in [1.807, 2.05) is 24.3 Å². The van der Waals surface area contributed by atoms with Gasteiger partial charge in [-0.05, 0) is 31.4 Å². The Hall–Kier alpha value is -2.05. The monoisotopic (exact) mass is 310 g/mol. The van der Waals surface area contributed by atoms with E-state index in [9.17, 15) is 13.2 Å². The maximum atomic E-state index is 12.9. The van der Waals surface area contributed by atoms with Gasteiger partial charge in [0.15, 0.2) is 5.82 Å². The highest BCUT2D eigenvalue weighted by Gasteiger charge is 2.42. The number of aromatic nitrogens is 3. The van der Waals surface area contributed by atoms with Crippen molar-refractivity contribution >= 4 is 5.69 Å². The van der Waals surface area contributed by atoms with Crippen molar-refractivity contribution in [2.45, 2.75) is 37.9 Å². The summed E-state index contributed by atoms with van der Waals surface area (Å²) in [5.74, 6) is -0.559. The molecule has 7 heteroatoms. The minimum atomic E-state index is -4.10. The Labute approximate surface area is 126 Å². The molecule has 2 atom stereocenters. The minimum Gasteiger partial charge on any atom is -0.382 e. The van der Waals surface area contributed by atoms with E-state index in [4.69, 9.17) is 0 Å². The van der Waals surface area contributed by atoms with Crippen molar-refractivity contribution < 1.29 is 13.2 Å². The molecule has 4 nitrogen and oxygen atoms in total. The van der Waals surface area contributed by atoms with Gasteiger partial charge in [-0.2, -0.15) is 18.3 Å². The summed E-state index contributed by atoms with van der Waals surface area (Å²) in [6, 6.07) is 7.31. The average Bonchev–Trinajstić information content (AvgIpc) is 3.01. The van der Waals surface area contributed by atoms with Crippen LogP contribution in [0.3, 0.4) is 0 Å². The van der Waals surface area contributed by atoms with Gasteiger partial charge in [0.2, 0.25) is 0 Å². The molecule has 1 aromatic carbocycles. The molecule has 1 fully saturated rings. The number of hydrogen-bond acceptors (Lipinski definition) is 3. The lowest BCUT2D eigenvalue weighted by Gasteiger charge is -2.31. The standard InChI is InChI=1S/C15H17F3N4/c16-15(17,18)11-4-2-6-13(8-11)21-12-5-1-3-10(7-12)14-19-9-20-22-14/h1,3,5,7,9,11,13,21H,2,4,6,8H2,(H,19,20,22)/t11-,13+/m1/s1. The second kappa shape index (κ2) is 5.98. The average molecular weight is 310 g/mol. The molecule has 2 aromatic rings. The molecule has 118 valence electrons. The van der Waals surface area contributed by atoms with E-state index in [0.29, 0.717) is 12.2 Å². The van der Waals surface area contributed by atoms with Crippen LogP contribution in [-0.2, 0) is 0 Å². The lowest BCUT2D eigenvalue weighted by molar-refractivity contribution is -0.182. The molecule has 0 unspecified atom stereocenters. The summed E-state index contributed by atoms with van der Waals surface area (Å²) in [6.45, 7) is 0. The molecule has 0 radical (unpaired) electrons. The topological polar surface area (TPSA) is 53.6 Å². The second-order valence-electron chi connectivity index (χ2n) is 5.66. The Morgan fingerprint density at radius 2 is 2.09 bits per heavy atom. The molecule has 0 aliphatic heterocycles. The Morgan fingerprint density at radius 3 is 2.82 bits per heavy atom. The number of halogens is 3. The Morgan fingerprint density at radius 1 is 1.23 bits per heavy atom. The van der Waals surface area contributed by atoms with Crippen LogP contribution < -0.4 is 5.32 Å². The lowest BCUT2D eigenvalue weighted by Crippen LogP contribution is -2.34. The normalized spacial score (nSPS) is 22.5. The van der Waals surface area contributed by atoms with E-state index in [2.05, 4.69) is 20.5 Å². The second-order valence-corrected chi connectivity index (χ2v) is 5.66. The lowest BCUT2D eigenvalue weighted by atomic mass is 9.85. The molecule has 2 N–H and O–H groups in total. The molecule has 0 amide bonds. The zero-order valence-electron chi connectivity index (χ0n) is 11.9. The van der Waals surface area contributed by atoms with E-state index in [1.165, 1.54) is 6.33 Å². The Bertz CT molecular complexity index is 610. The molecule has 0 spiro atoms. The molecule has 1 aliphatic rings. The van der Waals surface area contributed by atoms with E-state index in [1.54, 1.807) is 0 Å². The van der Waals surface area contributed by atoms with Crippen LogP contribution in [0.25, 0.3) is 11.4 Å². The maximum Gasteiger partial charge on any atom is 0.391 e. The summed E-state index contributed by atoms with van der Waals surface area (Å²) in [4.78, 5) is 4.08. The van der Waals surface area contributed by atoms with Crippen molar-refractivity contribution in [3.05, 3.63) is 30.6 Å². The van der Waals surface area contributed by atoms with Crippen LogP contribution in [0.2, 0.25) is 0 Å². The maximum absolute atomic E-state index is 12.9. The van der Waals surface area contributed by atoms with Crippen LogP contribution in [0, 0.1) is 5.92 Å². The van der Waals surface area contributed by atoms with E-state index >= 15 is 0 Å². The van der Waals surface area contributed by atoms with Crippen LogP contribution in [0.5, 0.6) is 0 Å². The van der Waals surface area contributed by atoms with Crippen LogP contribution in [0.15, 0.2) is 30.6 Å². The summed E-state index contributed by atoms with van der Waals surface area (Å²) in [7, 11) is 0. The van der Waals surface area contributed by atoms with E-state index < -0.39 is 12.1 Å². The van der Waals surface area contributed by atoms with Gasteiger partial charge in [0.05, 0.1) is 5.92 Å². The van der Waals surface area contributed by atoms with Crippen molar-refractivity contribution in [3.8, 4) is 11.4 Å². The molecule has 1 saturated carbocycles. The SMILES string of the molecule is FC(F)(F)[C@@H]1CCC[C@H](Nc2cccc(-c3ncn[nH]3)c2)C1. The number of nitrogens with one attached hydrogen (secondary N) is 2. The number of aromatic amines is 1. The first-order chi connectivity index (χ1) is 10.5. The zero-order valence-corrected chi connectivity index (χ0v) is 11.9. The number of alkyl halides is 3. The van der Waals surface area contributed by atoms with Gasteiger partial charge >= 0.3 is 6.18 Å². The third-order valence-electron chi connectivity index (χ3n) is 4.06. The van der Waals surface area contributed by atoms with Gasteiger partial charge in [-0.3, -0.25) is 5.10 Å². The number of hydrogen-bond donors (Lipinski definition) is 2. The molecular formula is C15H17F3N4. The van der Waals surface area contributed by atoms with Gasteiger partial charge in [0.1, 0.15) is 6.33 Å². The molecule has 3 rings (SSSR count). The van der Waals surface area contributed by atoms with E-state index in [-0.39, 0.29) is 18.9 Å². The summed E-state index contributed by atoms with van der Waals surface area (Å²) >= 11 is 0. The summed E-state index contributed by atoms with van der Waals surface area (Å²) in [5, 5.41) is 9.80. The van der Waals surface area contributed by atoms with Gasteiger partial charge in [-0.15, -0.1) is 0 Å². The fourth-order valence-corrected chi connectivity index (χ4v) is 2.95. The van der Waals surface area contributed by atoms with Crippen LogP contribution in [0.1, 0.15) is 25.7 Å². The fraction of sp³-hybridized carbons (Fsp3) is 0.467. The van der Waals surface area contributed by atoms with Crippen molar-refractivity contribution in [1.82, 2.24) is 15.2 Å². The van der Waals surface area contributed by atoms with Crippen LogP contribution in [-0.4, -0.2) is 27.4 Å². The first kappa shape index (κ1) is 14.9. The number of anilines is 1. The molecule has 0 bridgehead atoms. The van der Waals surface area contributed by atoms with Crippen molar-refractivity contribution in [3.63, 3.8) is 0 Å². The summed E-state index contributed by atoms with van der Waals surface area (Å²) in [6.07, 6.45) is -0.939. The summed E-state index contributed by atoms with van der Waals surface area (Å²) < 4.78 is 38.6. The highest BCUT2D eigenvalue weighted by Crippen LogP contribution is 2.38. The molecule has 1 aromatic heterocycles. The smallest absolute Gasteiger partial charge is 0.382 e. The Kier molecular flexibility index (Phi) is 4.04. The third-order valence-corrected chi connectivity index (χ3v) is 4.06. The highest BCUT2D eigenvalue weighted by atomic mass is 19.4. The molecule has 0 saturated heterocycles. The van der Waals surface area contributed by atoms with Gasteiger partial charge < -0.3 is 5.32 Å². The van der Waals surface area contributed by atoms with Crippen LogP contribution >= 0.6 is 0 Å². The number of H-pyrrole nitrogens is 1. The minimum absolute atomic E-state index is 0.135. The largest absolute Gasteiger partial charge is 0.391 e. The predicted octanol–water partition coefficient (Wildman–Crippen LogP) is 4.00. The third kappa shape index (κ3) is 3.40. The first-order valence-electron chi connectivity index (χ1n) is 7.31. The molecule has 22 heavy (non-hydrogen) atoms. The predicted molar refractivity (Wildman–Crippen MR) is 77.2 cm³/mol. The summed E-state index contributed by atoms with van der Waals surface area (Å²) in [5.41, 5.74) is 1.66. The number of nitrogens with zero attached hydrogens (tertiary/aromatic N) is 2. The molecule has 1 aliphatic carbocycles. The number of benzene rings is 1. The Balaban J connectivity index is 1.69. The van der Waals surface area contributed by atoms with Crippen molar-refractivity contribution in [2.75, 3.05) is 5.32 Å². The van der Waals surface area contributed by atoms with Crippen LogP contribution in [0.4, 0.5) is 18.9 Å². The van der Waals surface area contributed by atoms with Gasteiger partial charge in [0.25, 0.3) is 0 Å². The highest BCUT2D eigenvalue weighted by molar-refractivity contribution is 5.62. The van der Waals surface area contributed by atoms with Gasteiger partial charge in [0, 0.05) is 17.3 Å². The van der Waals surface area contributed by atoms with Crippen molar-refractivity contribution in [2.24, 2.45) is 5.92 Å². The van der Waals surface area contributed by atoms with Crippen molar-refractivity contribution in [1.29, 1.82) is 0 Å². The molecule has 1 heterocycles. The van der Waals surface area contributed by atoms with Gasteiger partial charge in [-0.25, -0.2) is 4.98 Å². The first-order valence-corrected chi connectivity index (χ1v) is 7.31.